The van der Waals surface area contributed by atoms with Crippen LogP contribution in [0.15, 0.2) is 66.9 Å². The SMILES string of the molecule is Cc1ccccc1Nc1ccnc(C(=O)NCc2ccccc2Cl)c1. The van der Waals surface area contributed by atoms with Gasteiger partial charge in [0, 0.05) is 29.1 Å². The maximum Gasteiger partial charge on any atom is 0.270 e. The van der Waals surface area contributed by atoms with Gasteiger partial charge < -0.3 is 10.6 Å². The van der Waals surface area contributed by atoms with E-state index in [0.29, 0.717) is 17.3 Å². The van der Waals surface area contributed by atoms with Crippen molar-refractivity contribution in [3.8, 4) is 0 Å². The van der Waals surface area contributed by atoms with E-state index in [4.69, 9.17) is 11.6 Å². The van der Waals surface area contributed by atoms with Crippen molar-refractivity contribution in [1.82, 2.24) is 10.3 Å². The van der Waals surface area contributed by atoms with Crippen LogP contribution in [0.1, 0.15) is 21.6 Å². The van der Waals surface area contributed by atoms with Gasteiger partial charge in [-0.1, -0.05) is 48.0 Å². The zero-order chi connectivity index (χ0) is 17.6. The van der Waals surface area contributed by atoms with Gasteiger partial charge in [-0.15, -0.1) is 0 Å². The van der Waals surface area contributed by atoms with Crippen molar-refractivity contribution in [2.24, 2.45) is 0 Å². The molecular weight excluding hydrogens is 334 g/mol. The quantitative estimate of drug-likeness (QED) is 0.699. The number of carbonyl (C=O) groups excluding carboxylic acids is 1. The van der Waals surface area contributed by atoms with Gasteiger partial charge in [0.25, 0.3) is 5.91 Å². The lowest BCUT2D eigenvalue weighted by molar-refractivity contribution is 0.0946. The van der Waals surface area contributed by atoms with Crippen LogP contribution in [0.3, 0.4) is 0 Å². The summed E-state index contributed by atoms with van der Waals surface area (Å²) >= 11 is 6.11. The highest BCUT2D eigenvalue weighted by Crippen LogP contribution is 2.20. The minimum Gasteiger partial charge on any atom is -0.355 e. The molecule has 0 saturated heterocycles. The summed E-state index contributed by atoms with van der Waals surface area (Å²) in [4.78, 5) is 16.5. The Labute approximate surface area is 151 Å². The van der Waals surface area contributed by atoms with E-state index in [1.54, 1.807) is 18.3 Å². The topological polar surface area (TPSA) is 54.0 Å². The number of pyridine rings is 1. The number of amides is 1. The van der Waals surface area contributed by atoms with Crippen molar-refractivity contribution < 1.29 is 4.79 Å². The zero-order valence-corrected chi connectivity index (χ0v) is 14.5. The molecule has 1 amide bonds. The van der Waals surface area contributed by atoms with Crippen LogP contribution in [0, 0.1) is 6.92 Å². The first-order valence-electron chi connectivity index (χ1n) is 7.94. The molecule has 0 saturated carbocycles. The first kappa shape index (κ1) is 17.0. The molecule has 25 heavy (non-hydrogen) atoms. The number of carbonyl (C=O) groups is 1. The molecule has 2 aromatic carbocycles. The monoisotopic (exact) mass is 351 g/mol. The van der Waals surface area contributed by atoms with Crippen LogP contribution in [0.5, 0.6) is 0 Å². The van der Waals surface area contributed by atoms with Gasteiger partial charge in [0.2, 0.25) is 0 Å². The maximum absolute atomic E-state index is 12.4. The van der Waals surface area contributed by atoms with E-state index in [1.807, 2.05) is 55.5 Å². The molecule has 0 aliphatic carbocycles. The summed E-state index contributed by atoms with van der Waals surface area (Å²) in [6.07, 6.45) is 1.62. The lowest BCUT2D eigenvalue weighted by Gasteiger charge is -2.11. The Morgan fingerprint density at radius 2 is 1.84 bits per heavy atom. The van der Waals surface area contributed by atoms with Crippen molar-refractivity contribution in [2.75, 3.05) is 5.32 Å². The molecule has 126 valence electrons. The Morgan fingerprint density at radius 1 is 1.08 bits per heavy atom. The largest absolute Gasteiger partial charge is 0.355 e. The molecule has 0 aliphatic rings. The highest BCUT2D eigenvalue weighted by molar-refractivity contribution is 6.31. The molecular formula is C20H18ClN3O. The minimum absolute atomic E-state index is 0.242. The Morgan fingerprint density at radius 3 is 2.64 bits per heavy atom. The molecule has 0 bridgehead atoms. The fraction of sp³-hybridized carbons (Fsp3) is 0.100. The minimum atomic E-state index is -0.242. The van der Waals surface area contributed by atoms with E-state index in [0.717, 1.165) is 22.5 Å². The van der Waals surface area contributed by atoms with Crippen molar-refractivity contribution in [2.45, 2.75) is 13.5 Å². The number of rotatable bonds is 5. The number of aromatic nitrogens is 1. The summed E-state index contributed by atoms with van der Waals surface area (Å²) in [5.74, 6) is -0.242. The third-order valence-corrected chi connectivity index (χ3v) is 4.18. The van der Waals surface area contributed by atoms with E-state index in [1.165, 1.54) is 0 Å². The van der Waals surface area contributed by atoms with E-state index in [-0.39, 0.29) is 5.91 Å². The summed E-state index contributed by atoms with van der Waals surface area (Å²) in [5.41, 5.74) is 4.16. The normalized spacial score (nSPS) is 10.3. The summed E-state index contributed by atoms with van der Waals surface area (Å²) in [5, 5.41) is 6.78. The second kappa shape index (κ2) is 7.81. The molecule has 0 fully saturated rings. The average molecular weight is 352 g/mol. The van der Waals surface area contributed by atoms with Crippen LogP contribution in [0.2, 0.25) is 5.02 Å². The van der Waals surface area contributed by atoms with Crippen molar-refractivity contribution in [1.29, 1.82) is 0 Å². The molecule has 3 rings (SSSR count). The third-order valence-electron chi connectivity index (χ3n) is 3.81. The first-order chi connectivity index (χ1) is 12.1. The number of benzene rings is 2. The molecule has 5 heteroatoms. The smallest absolute Gasteiger partial charge is 0.270 e. The van der Waals surface area contributed by atoms with Gasteiger partial charge in [0.05, 0.1) is 0 Å². The molecule has 0 unspecified atom stereocenters. The van der Waals surface area contributed by atoms with Gasteiger partial charge in [0.1, 0.15) is 5.69 Å². The van der Waals surface area contributed by atoms with Crippen molar-refractivity contribution in [3.63, 3.8) is 0 Å². The number of aryl methyl sites for hydroxylation is 1. The number of nitrogens with zero attached hydrogens (tertiary/aromatic N) is 1. The third kappa shape index (κ3) is 4.37. The number of para-hydroxylation sites is 1. The number of halogens is 1. The summed E-state index contributed by atoms with van der Waals surface area (Å²) in [7, 11) is 0. The lowest BCUT2D eigenvalue weighted by Crippen LogP contribution is -2.24. The molecule has 1 heterocycles. The Hall–Kier alpha value is -2.85. The Balaban J connectivity index is 1.69. The van der Waals surface area contributed by atoms with E-state index < -0.39 is 0 Å². The number of anilines is 2. The van der Waals surface area contributed by atoms with Gasteiger partial charge >= 0.3 is 0 Å². The summed E-state index contributed by atoms with van der Waals surface area (Å²) < 4.78 is 0. The van der Waals surface area contributed by atoms with Crippen LogP contribution >= 0.6 is 11.6 Å². The van der Waals surface area contributed by atoms with Crippen LogP contribution < -0.4 is 10.6 Å². The standard InChI is InChI=1S/C20H18ClN3O/c1-14-6-2-5-9-18(14)24-16-10-11-22-19(12-16)20(25)23-13-15-7-3-4-8-17(15)21/h2-12H,13H2,1H3,(H,22,24)(H,23,25). The molecule has 0 radical (unpaired) electrons. The fourth-order valence-corrected chi connectivity index (χ4v) is 2.61. The molecule has 2 N–H and O–H groups in total. The van der Waals surface area contributed by atoms with Gasteiger partial charge in [-0.2, -0.15) is 0 Å². The second-order valence-electron chi connectivity index (χ2n) is 5.64. The van der Waals surface area contributed by atoms with Crippen molar-refractivity contribution >= 4 is 28.9 Å². The molecule has 0 spiro atoms. The molecule has 0 aliphatic heterocycles. The van der Waals surface area contributed by atoms with Gasteiger partial charge in [-0.25, -0.2) is 0 Å². The Bertz CT molecular complexity index is 895. The summed E-state index contributed by atoms with van der Waals surface area (Å²) in [6, 6.07) is 19.0. The summed E-state index contributed by atoms with van der Waals surface area (Å²) in [6.45, 7) is 2.39. The average Bonchev–Trinajstić information content (AvgIpc) is 2.63. The van der Waals surface area contributed by atoms with Gasteiger partial charge in [-0.3, -0.25) is 9.78 Å². The van der Waals surface area contributed by atoms with Crippen LogP contribution in [-0.4, -0.2) is 10.9 Å². The van der Waals surface area contributed by atoms with E-state index >= 15 is 0 Å². The Kier molecular flexibility index (Phi) is 5.31. The fourth-order valence-electron chi connectivity index (χ4n) is 2.41. The predicted molar refractivity (Wildman–Crippen MR) is 101 cm³/mol. The highest BCUT2D eigenvalue weighted by atomic mass is 35.5. The molecule has 1 aromatic heterocycles. The first-order valence-corrected chi connectivity index (χ1v) is 8.31. The molecule has 4 nitrogen and oxygen atoms in total. The van der Waals surface area contributed by atoms with Crippen LogP contribution in [0.25, 0.3) is 0 Å². The molecule has 3 aromatic rings. The van der Waals surface area contributed by atoms with Gasteiger partial charge in [0.15, 0.2) is 0 Å². The lowest BCUT2D eigenvalue weighted by atomic mass is 10.2. The van der Waals surface area contributed by atoms with Crippen molar-refractivity contribution in [3.05, 3.63) is 88.7 Å². The van der Waals surface area contributed by atoms with E-state index in [9.17, 15) is 4.79 Å². The van der Waals surface area contributed by atoms with Crippen LogP contribution in [0.4, 0.5) is 11.4 Å². The van der Waals surface area contributed by atoms with Crippen LogP contribution in [-0.2, 0) is 6.54 Å². The number of hydrogen-bond donors (Lipinski definition) is 2. The van der Waals surface area contributed by atoms with E-state index in [2.05, 4.69) is 15.6 Å². The van der Waals surface area contributed by atoms with Gasteiger partial charge in [-0.05, 0) is 42.3 Å². The second-order valence-corrected chi connectivity index (χ2v) is 6.05. The maximum atomic E-state index is 12.4. The number of hydrogen-bond acceptors (Lipinski definition) is 3. The highest BCUT2D eigenvalue weighted by Gasteiger charge is 2.09. The molecule has 0 atom stereocenters. The predicted octanol–water partition coefficient (Wildman–Crippen LogP) is 4.72. The zero-order valence-electron chi connectivity index (χ0n) is 13.8. The number of nitrogens with one attached hydrogen (secondary N) is 2.